The number of nitrogens with zero attached hydrogens (tertiary/aromatic N) is 2. The summed E-state index contributed by atoms with van der Waals surface area (Å²) in [5, 5.41) is 5.98. The van der Waals surface area contributed by atoms with Crippen molar-refractivity contribution >= 4 is 30.6 Å². The van der Waals surface area contributed by atoms with Crippen LogP contribution >= 0.6 is 8.45 Å². The van der Waals surface area contributed by atoms with Crippen molar-refractivity contribution in [1.82, 2.24) is 4.67 Å². The molecule has 0 spiro atoms. The molecular formula is C27H28N3OP. The average Bonchev–Trinajstić information content (AvgIpc) is 3.15. The van der Waals surface area contributed by atoms with Gasteiger partial charge in [-0.1, -0.05) is 72.8 Å². The Bertz CT molecular complexity index is 1160. The van der Waals surface area contributed by atoms with E-state index < -0.39 is 8.45 Å². The van der Waals surface area contributed by atoms with E-state index in [4.69, 9.17) is 0 Å². The van der Waals surface area contributed by atoms with Crippen molar-refractivity contribution in [3.05, 3.63) is 109 Å². The first-order valence-electron chi connectivity index (χ1n) is 11.2. The summed E-state index contributed by atoms with van der Waals surface area (Å²) in [7, 11) is -2.09. The molecule has 1 N–H and O–H groups in total. The lowest BCUT2D eigenvalue weighted by molar-refractivity contribution is -0.170. The van der Waals surface area contributed by atoms with Crippen LogP contribution in [0, 0.1) is 0 Å². The molecule has 0 aliphatic carbocycles. The van der Waals surface area contributed by atoms with Crippen LogP contribution in [0.15, 0.2) is 103 Å². The van der Waals surface area contributed by atoms with Crippen LogP contribution in [-0.4, -0.2) is 23.8 Å². The number of anilines is 2. The van der Waals surface area contributed by atoms with Gasteiger partial charge in [-0.05, 0) is 53.1 Å². The summed E-state index contributed by atoms with van der Waals surface area (Å²) in [6.45, 7) is 2.33. The highest BCUT2D eigenvalue weighted by molar-refractivity contribution is 7.49. The fourth-order valence-electron chi connectivity index (χ4n) is 4.44. The zero-order valence-corrected chi connectivity index (χ0v) is 19.0. The Morgan fingerprint density at radius 1 is 0.812 bits per heavy atom. The second-order valence-electron chi connectivity index (χ2n) is 8.27. The fraction of sp³-hybridized carbons (Fsp3) is 0.185. The summed E-state index contributed by atoms with van der Waals surface area (Å²) >= 11 is 0. The molecular weight excluding hydrogens is 413 g/mol. The van der Waals surface area contributed by atoms with Crippen molar-refractivity contribution in [2.75, 3.05) is 23.1 Å². The summed E-state index contributed by atoms with van der Waals surface area (Å²) < 4.78 is 4.31. The minimum Gasteiger partial charge on any atom is -0.648 e. The van der Waals surface area contributed by atoms with Crippen LogP contribution in [0.4, 0.5) is 11.4 Å². The molecule has 0 amide bonds. The Balaban J connectivity index is 1.35. The van der Waals surface area contributed by atoms with Gasteiger partial charge in [-0.15, -0.1) is 0 Å². The molecule has 0 bridgehead atoms. The van der Waals surface area contributed by atoms with Crippen molar-refractivity contribution < 1.29 is 4.89 Å². The van der Waals surface area contributed by atoms with Gasteiger partial charge in [0.05, 0.1) is 24.8 Å². The van der Waals surface area contributed by atoms with Gasteiger partial charge in [-0.2, -0.15) is 4.67 Å². The Morgan fingerprint density at radius 2 is 1.50 bits per heavy atom. The van der Waals surface area contributed by atoms with Gasteiger partial charge < -0.3 is 10.2 Å². The molecule has 1 saturated heterocycles. The van der Waals surface area contributed by atoms with Crippen molar-refractivity contribution in [1.29, 1.82) is 0 Å². The van der Waals surface area contributed by atoms with Crippen molar-refractivity contribution in [2.24, 2.45) is 0 Å². The summed E-state index contributed by atoms with van der Waals surface area (Å²) in [6.07, 6.45) is 0.933. The van der Waals surface area contributed by atoms with Crippen molar-refractivity contribution in [3.8, 4) is 0 Å². The van der Waals surface area contributed by atoms with E-state index in [1.165, 1.54) is 16.3 Å². The number of benzene rings is 4. The van der Waals surface area contributed by atoms with Crippen LogP contribution < -0.4 is 14.9 Å². The summed E-state index contributed by atoms with van der Waals surface area (Å²) in [6, 6.07) is 35.6. The monoisotopic (exact) mass is 441 g/mol. The molecule has 0 saturated carbocycles. The highest BCUT2D eigenvalue weighted by atomic mass is 31.2. The standard InChI is InChI=1S/C27H28N3OP/c31-32-29(20-22-15-16-23-9-7-8-10-24(23)19-22)27(17-18-28-25-11-3-1-4-12-25)21-30(32)26-13-5-2-6-14-26/h1-16,19,27-28,32H,17-18,20-21H2/t27-/m0/s1. The summed E-state index contributed by atoms with van der Waals surface area (Å²) in [5.41, 5.74) is 3.37. The summed E-state index contributed by atoms with van der Waals surface area (Å²) in [4.78, 5) is 13.6. The molecule has 1 heterocycles. The van der Waals surface area contributed by atoms with E-state index in [9.17, 15) is 4.89 Å². The number of hydrogen-bond acceptors (Lipinski definition) is 4. The van der Waals surface area contributed by atoms with Crippen LogP contribution in [0.3, 0.4) is 0 Å². The minimum atomic E-state index is -2.09. The molecule has 1 fully saturated rings. The number of fused-ring (bicyclic) bond motifs is 1. The zero-order valence-electron chi connectivity index (χ0n) is 18.0. The molecule has 0 aromatic heterocycles. The molecule has 4 nitrogen and oxygen atoms in total. The van der Waals surface area contributed by atoms with Gasteiger partial charge in [0.1, 0.15) is 8.45 Å². The number of rotatable bonds is 7. The Morgan fingerprint density at radius 3 is 2.28 bits per heavy atom. The molecule has 0 radical (unpaired) electrons. The quantitative estimate of drug-likeness (QED) is 0.393. The van der Waals surface area contributed by atoms with Crippen LogP contribution in [0.5, 0.6) is 0 Å². The van der Waals surface area contributed by atoms with Crippen molar-refractivity contribution in [3.63, 3.8) is 0 Å². The Labute approximate surface area is 191 Å². The predicted molar refractivity (Wildman–Crippen MR) is 135 cm³/mol. The molecule has 5 heteroatoms. The first kappa shape index (κ1) is 21.0. The van der Waals surface area contributed by atoms with E-state index in [1.54, 1.807) is 0 Å². The molecule has 1 unspecified atom stereocenters. The first-order chi connectivity index (χ1) is 15.8. The van der Waals surface area contributed by atoms with Gasteiger partial charge in [0.25, 0.3) is 0 Å². The summed E-state index contributed by atoms with van der Waals surface area (Å²) in [5.74, 6) is 0. The van der Waals surface area contributed by atoms with E-state index in [2.05, 4.69) is 81.4 Å². The maximum atomic E-state index is 13.6. The van der Waals surface area contributed by atoms with Gasteiger partial charge in [0, 0.05) is 12.2 Å². The van der Waals surface area contributed by atoms with E-state index in [0.717, 1.165) is 30.9 Å². The van der Waals surface area contributed by atoms with E-state index >= 15 is 0 Å². The number of hydrogen-bond donors (Lipinski definition) is 1. The molecule has 4 aromatic rings. The highest BCUT2D eigenvalue weighted by Gasteiger charge is 2.40. The van der Waals surface area contributed by atoms with Crippen LogP contribution in [0.2, 0.25) is 0 Å². The smallest absolute Gasteiger partial charge is 0.117 e. The third kappa shape index (κ3) is 4.63. The first-order valence-corrected chi connectivity index (χ1v) is 12.5. The fourth-order valence-corrected chi connectivity index (χ4v) is 6.33. The maximum Gasteiger partial charge on any atom is 0.117 e. The average molecular weight is 442 g/mol. The second kappa shape index (κ2) is 9.70. The second-order valence-corrected chi connectivity index (χ2v) is 9.95. The van der Waals surface area contributed by atoms with E-state index in [-0.39, 0.29) is 6.04 Å². The van der Waals surface area contributed by atoms with Crippen LogP contribution in [0.1, 0.15) is 12.0 Å². The molecule has 5 rings (SSSR count). The van der Waals surface area contributed by atoms with E-state index in [0.29, 0.717) is 6.54 Å². The lowest BCUT2D eigenvalue weighted by Crippen LogP contribution is -2.31. The number of para-hydroxylation sites is 2. The molecule has 4 aromatic carbocycles. The van der Waals surface area contributed by atoms with Gasteiger partial charge in [-0.25, -0.2) is 4.67 Å². The van der Waals surface area contributed by atoms with Crippen LogP contribution in [0.25, 0.3) is 10.8 Å². The van der Waals surface area contributed by atoms with Crippen LogP contribution in [-0.2, 0) is 6.54 Å². The highest BCUT2D eigenvalue weighted by Crippen LogP contribution is 2.48. The Hall–Kier alpha value is -2.91. The molecule has 32 heavy (non-hydrogen) atoms. The topological polar surface area (TPSA) is 41.6 Å². The lowest BCUT2D eigenvalue weighted by Gasteiger charge is -2.28. The maximum absolute atomic E-state index is 13.6. The Kier molecular flexibility index (Phi) is 6.36. The number of nitrogens with one attached hydrogen (secondary N) is 1. The molecule has 1 aliphatic heterocycles. The normalized spacial score (nSPS) is 18.8. The van der Waals surface area contributed by atoms with Gasteiger partial charge in [0.15, 0.2) is 0 Å². The molecule has 2 atom stereocenters. The SMILES string of the molecule is [O-][PH+]1N(c2ccccc2)C[C@H](CCNc2ccccc2)N1Cc1ccc2ccccc2c1. The van der Waals surface area contributed by atoms with Gasteiger partial charge >= 0.3 is 0 Å². The van der Waals surface area contributed by atoms with Gasteiger partial charge in [-0.3, -0.25) is 0 Å². The third-order valence-corrected chi connectivity index (χ3v) is 8.04. The predicted octanol–water partition coefficient (Wildman–Crippen LogP) is 5.35. The molecule has 1 aliphatic rings. The van der Waals surface area contributed by atoms with Crippen molar-refractivity contribution in [2.45, 2.75) is 19.0 Å². The minimum absolute atomic E-state index is 0.226. The van der Waals surface area contributed by atoms with E-state index in [1.807, 2.05) is 36.4 Å². The largest absolute Gasteiger partial charge is 0.648 e. The van der Waals surface area contributed by atoms with Gasteiger partial charge in [0.2, 0.25) is 0 Å². The lowest BCUT2D eigenvalue weighted by atomic mass is 10.1. The molecule has 162 valence electrons. The zero-order chi connectivity index (χ0) is 21.8. The third-order valence-electron chi connectivity index (χ3n) is 6.13.